The first kappa shape index (κ1) is 13.3. The summed E-state index contributed by atoms with van der Waals surface area (Å²) in [6.45, 7) is 4.21. The highest BCUT2D eigenvalue weighted by atomic mass is 15.1. The lowest BCUT2D eigenvalue weighted by Gasteiger charge is -2.26. The molecule has 1 aliphatic heterocycles. The summed E-state index contributed by atoms with van der Waals surface area (Å²) < 4.78 is 0. The highest BCUT2D eigenvalue weighted by Gasteiger charge is 2.11. The van der Waals surface area contributed by atoms with Crippen molar-refractivity contribution >= 4 is 0 Å². The third kappa shape index (κ3) is 4.28. The summed E-state index contributed by atoms with van der Waals surface area (Å²) in [7, 11) is 0. The molecule has 0 atom stereocenters. The van der Waals surface area contributed by atoms with Crippen LogP contribution in [-0.2, 0) is 6.54 Å². The van der Waals surface area contributed by atoms with Gasteiger partial charge in [-0.15, -0.1) is 0 Å². The molecule has 1 aliphatic rings. The first-order chi connectivity index (χ1) is 8.88. The lowest BCUT2D eigenvalue weighted by molar-refractivity contribution is 0.284. The van der Waals surface area contributed by atoms with Gasteiger partial charge in [0.2, 0.25) is 0 Å². The van der Waals surface area contributed by atoms with Gasteiger partial charge in [-0.05, 0) is 37.8 Å². The fraction of sp³-hybridized carbons (Fsp3) is 0.500. The van der Waals surface area contributed by atoms with Crippen molar-refractivity contribution in [2.75, 3.05) is 19.6 Å². The second kappa shape index (κ2) is 7.34. The zero-order chi connectivity index (χ0) is 12.6. The molecule has 2 N–H and O–H groups in total. The monoisotopic (exact) mass is 244 g/mol. The number of nitrogens with two attached hydrogens (primary N) is 1. The maximum Gasteiger partial charge on any atom is 0.0237 e. The minimum Gasteiger partial charge on any atom is -0.330 e. The van der Waals surface area contributed by atoms with Crippen LogP contribution in [0.15, 0.2) is 42.0 Å². The first-order valence-corrected chi connectivity index (χ1v) is 7.03. The number of unbranched alkanes of at least 4 members (excludes halogenated alkanes) is 1. The average Bonchev–Trinajstić information content (AvgIpc) is 2.42. The van der Waals surface area contributed by atoms with Gasteiger partial charge in [0.15, 0.2) is 0 Å². The maximum atomic E-state index is 5.52. The highest BCUT2D eigenvalue weighted by molar-refractivity contribution is 5.15. The van der Waals surface area contributed by atoms with Gasteiger partial charge in [0.1, 0.15) is 0 Å². The van der Waals surface area contributed by atoms with E-state index >= 15 is 0 Å². The van der Waals surface area contributed by atoms with Crippen molar-refractivity contribution in [2.24, 2.45) is 5.73 Å². The minimum atomic E-state index is 0.827. The quantitative estimate of drug-likeness (QED) is 0.616. The second-order valence-electron chi connectivity index (χ2n) is 5.08. The molecule has 2 nitrogen and oxygen atoms in total. The van der Waals surface area contributed by atoms with E-state index in [1.807, 2.05) is 0 Å². The van der Waals surface area contributed by atoms with Crippen LogP contribution < -0.4 is 5.73 Å². The Balaban J connectivity index is 1.75. The van der Waals surface area contributed by atoms with Gasteiger partial charge < -0.3 is 5.73 Å². The van der Waals surface area contributed by atoms with Crippen molar-refractivity contribution in [3.05, 3.63) is 47.5 Å². The average molecular weight is 244 g/mol. The lowest BCUT2D eigenvalue weighted by atomic mass is 10.0. The number of nitrogens with zero attached hydrogens (tertiary/aromatic N) is 1. The molecule has 1 heterocycles. The molecule has 0 fully saturated rings. The van der Waals surface area contributed by atoms with E-state index in [0.29, 0.717) is 0 Å². The zero-order valence-electron chi connectivity index (χ0n) is 11.1. The fourth-order valence-corrected chi connectivity index (χ4v) is 2.46. The van der Waals surface area contributed by atoms with Crippen molar-refractivity contribution in [1.82, 2.24) is 4.90 Å². The van der Waals surface area contributed by atoms with E-state index in [2.05, 4.69) is 41.3 Å². The Kier molecular flexibility index (Phi) is 5.43. The molecule has 0 unspecified atom stereocenters. The van der Waals surface area contributed by atoms with Crippen molar-refractivity contribution in [1.29, 1.82) is 0 Å². The van der Waals surface area contributed by atoms with Gasteiger partial charge in [0.05, 0.1) is 0 Å². The molecular formula is C16H24N2. The Morgan fingerprint density at radius 1 is 1.11 bits per heavy atom. The van der Waals surface area contributed by atoms with Crippen LogP contribution in [0.1, 0.15) is 31.2 Å². The van der Waals surface area contributed by atoms with Crippen molar-refractivity contribution in [2.45, 2.75) is 32.2 Å². The summed E-state index contributed by atoms with van der Waals surface area (Å²) in [5.41, 5.74) is 8.57. The van der Waals surface area contributed by atoms with E-state index in [4.69, 9.17) is 5.73 Å². The Morgan fingerprint density at radius 2 is 1.94 bits per heavy atom. The summed E-state index contributed by atoms with van der Waals surface area (Å²) in [5, 5.41) is 0. The third-order valence-electron chi connectivity index (χ3n) is 3.59. The predicted octanol–water partition coefficient (Wildman–Crippen LogP) is 2.95. The van der Waals surface area contributed by atoms with Gasteiger partial charge in [0.25, 0.3) is 0 Å². The molecule has 2 heteroatoms. The lowest BCUT2D eigenvalue weighted by Crippen LogP contribution is -2.28. The predicted molar refractivity (Wildman–Crippen MR) is 77.3 cm³/mol. The molecule has 2 rings (SSSR count). The molecule has 0 saturated carbocycles. The number of hydrogen-bond acceptors (Lipinski definition) is 2. The molecule has 18 heavy (non-hydrogen) atoms. The molecule has 98 valence electrons. The van der Waals surface area contributed by atoms with E-state index in [0.717, 1.165) is 26.1 Å². The minimum absolute atomic E-state index is 0.827. The summed E-state index contributed by atoms with van der Waals surface area (Å²) >= 11 is 0. The molecule has 0 spiro atoms. The van der Waals surface area contributed by atoms with E-state index in [-0.39, 0.29) is 0 Å². The van der Waals surface area contributed by atoms with Crippen molar-refractivity contribution in [3.8, 4) is 0 Å². The molecule has 0 aliphatic carbocycles. The van der Waals surface area contributed by atoms with Gasteiger partial charge in [0, 0.05) is 19.6 Å². The number of rotatable bonds is 6. The Hall–Kier alpha value is -1.12. The fourth-order valence-electron chi connectivity index (χ4n) is 2.46. The van der Waals surface area contributed by atoms with Crippen LogP contribution in [-0.4, -0.2) is 24.5 Å². The van der Waals surface area contributed by atoms with Gasteiger partial charge in [-0.25, -0.2) is 0 Å². The Labute approximate surface area is 110 Å². The second-order valence-corrected chi connectivity index (χ2v) is 5.08. The molecule has 0 saturated heterocycles. The smallest absolute Gasteiger partial charge is 0.0237 e. The van der Waals surface area contributed by atoms with Gasteiger partial charge in [-0.1, -0.05) is 42.0 Å². The summed E-state index contributed by atoms with van der Waals surface area (Å²) in [5.74, 6) is 0. The molecule has 0 bridgehead atoms. The highest BCUT2D eigenvalue weighted by Crippen LogP contribution is 2.18. The van der Waals surface area contributed by atoms with Gasteiger partial charge in [-0.2, -0.15) is 0 Å². The third-order valence-corrected chi connectivity index (χ3v) is 3.59. The summed E-state index contributed by atoms with van der Waals surface area (Å²) in [6, 6.07) is 10.7. The van der Waals surface area contributed by atoms with E-state index in [1.165, 1.54) is 31.4 Å². The topological polar surface area (TPSA) is 29.3 Å². The SMILES string of the molecule is NCCCCC1=CCN(Cc2ccccc2)CC1. The molecular weight excluding hydrogens is 220 g/mol. The summed E-state index contributed by atoms with van der Waals surface area (Å²) in [6.07, 6.45) is 7.31. The molecule has 1 aromatic carbocycles. The van der Waals surface area contributed by atoms with Crippen LogP contribution in [0.25, 0.3) is 0 Å². The Bertz CT molecular complexity index is 370. The maximum absolute atomic E-state index is 5.52. The van der Waals surface area contributed by atoms with Crippen LogP contribution in [0.5, 0.6) is 0 Å². The van der Waals surface area contributed by atoms with E-state index < -0.39 is 0 Å². The number of benzene rings is 1. The first-order valence-electron chi connectivity index (χ1n) is 7.03. The van der Waals surface area contributed by atoms with Crippen LogP contribution in [0.4, 0.5) is 0 Å². The summed E-state index contributed by atoms with van der Waals surface area (Å²) in [4.78, 5) is 2.52. The standard InChI is InChI=1S/C16H24N2/c17-11-5-4-6-15-9-12-18(13-10-15)14-16-7-2-1-3-8-16/h1-3,7-9H,4-6,10-14,17H2. The van der Waals surface area contributed by atoms with Crippen LogP contribution >= 0.6 is 0 Å². The zero-order valence-corrected chi connectivity index (χ0v) is 11.1. The normalized spacial score (nSPS) is 16.6. The molecule has 0 aromatic heterocycles. The van der Waals surface area contributed by atoms with Gasteiger partial charge in [-0.3, -0.25) is 4.90 Å². The van der Waals surface area contributed by atoms with Crippen LogP contribution in [0.3, 0.4) is 0 Å². The molecule has 0 radical (unpaired) electrons. The number of hydrogen-bond donors (Lipinski definition) is 1. The van der Waals surface area contributed by atoms with E-state index in [9.17, 15) is 0 Å². The largest absolute Gasteiger partial charge is 0.330 e. The van der Waals surface area contributed by atoms with Crippen molar-refractivity contribution in [3.63, 3.8) is 0 Å². The van der Waals surface area contributed by atoms with E-state index in [1.54, 1.807) is 5.57 Å². The van der Waals surface area contributed by atoms with Crippen LogP contribution in [0.2, 0.25) is 0 Å². The van der Waals surface area contributed by atoms with Crippen molar-refractivity contribution < 1.29 is 0 Å². The molecule has 0 amide bonds. The van der Waals surface area contributed by atoms with Gasteiger partial charge >= 0.3 is 0 Å². The Morgan fingerprint density at radius 3 is 2.61 bits per heavy atom. The molecule has 1 aromatic rings. The van der Waals surface area contributed by atoms with Crippen LogP contribution in [0, 0.1) is 0 Å².